The van der Waals surface area contributed by atoms with E-state index in [1.807, 2.05) is 6.92 Å². The van der Waals surface area contributed by atoms with Crippen molar-refractivity contribution in [1.82, 2.24) is 5.32 Å². The van der Waals surface area contributed by atoms with Crippen molar-refractivity contribution >= 4 is 17.9 Å². The standard InChI is InChI=1S/C8H15NO3S/c1-6(3-10)4-13-5-7-2-9-8(11)12-7/h6-7,10H,2-5H2,1H3,(H,9,11). The van der Waals surface area contributed by atoms with Crippen molar-refractivity contribution < 1.29 is 14.6 Å². The lowest BCUT2D eigenvalue weighted by atomic mass is 10.2. The van der Waals surface area contributed by atoms with E-state index >= 15 is 0 Å². The van der Waals surface area contributed by atoms with Gasteiger partial charge >= 0.3 is 6.09 Å². The number of ether oxygens (including phenoxy) is 1. The summed E-state index contributed by atoms with van der Waals surface area (Å²) in [4.78, 5) is 10.6. The number of aliphatic hydroxyl groups is 1. The first-order valence-electron chi connectivity index (χ1n) is 4.35. The Morgan fingerprint density at radius 3 is 3.15 bits per heavy atom. The summed E-state index contributed by atoms with van der Waals surface area (Å²) < 4.78 is 4.94. The van der Waals surface area contributed by atoms with Crippen LogP contribution in [0.2, 0.25) is 0 Å². The summed E-state index contributed by atoms with van der Waals surface area (Å²) in [7, 11) is 0. The highest BCUT2D eigenvalue weighted by Gasteiger charge is 2.21. The van der Waals surface area contributed by atoms with Gasteiger partial charge in [-0.1, -0.05) is 6.92 Å². The van der Waals surface area contributed by atoms with Crippen LogP contribution >= 0.6 is 11.8 Å². The van der Waals surface area contributed by atoms with Gasteiger partial charge in [-0.25, -0.2) is 4.79 Å². The van der Waals surface area contributed by atoms with E-state index < -0.39 is 0 Å². The average molecular weight is 205 g/mol. The van der Waals surface area contributed by atoms with Gasteiger partial charge in [-0.3, -0.25) is 0 Å². The molecule has 0 aliphatic carbocycles. The Bertz CT molecular complexity index is 177. The number of thioether (sulfide) groups is 1. The van der Waals surface area contributed by atoms with Crippen molar-refractivity contribution in [2.45, 2.75) is 13.0 Å². The number of amides is 1. The van der Waals surface area contributed by atoms with Crippen molar-refractivity contribution in [3.05, 3.63) is 0 Å². The summed E-state index contributed by atoms with van der Waals surface area (Å²) in [5, 5.41) is 11.4. The van der Waals surface area contributed by atoms with Crippen LogP contribution in [0.4, 0.5) is 4.79 Å². The van der Waals surface area contributed by atoms with Crippen molar-refractivity contribution in [3.8, 4) is 0 Å². The molecule has 1 aliphatic rings. The van der Waals surface area contributed by atoms with Crippen molar-refractivity contribution in [3.63, 3.8) is 0 Å². The zero-order valence-electron chi connectivity index (χ0n) is 7.66. The molecule has 0 aromatic carbocycles. The molecule has 1 heterocycles. The predicted molar refractivity (Wildman–Crippen MR) is 51.8 cm³/mol. The topological polar surface area (TPSA) is 58.6 Å². The van der Waals surface area contributed by atoms with E-state index in [2.05, 4.69) is 5.32 Å². The average Bonchev–Trinajstić information content (AvgIpc) is 2.51. The summed E-state index contributed by atoms with van der Waals surface area (Å²) >= 11 is 1.71. The fraction of sp³-hybridized carbons (Fsp3) is 0.875. The van der Waals surface area contributed by atoms with Crippen LogP contribution in [-0.4, -0.2) is 42.0 Å². The van der Waals surface area contributed by atoms with Crippen LogP contribution in [0.5, 0.6) is 0 Å². The summed E-state index contributed by atoms with van der Waals surface area (Å²) in [5.74, 6) is 2.03. The third kappa shape index (κ3) is 3.87. The predicted octanol–water partition coefficient (Wildman–Crippen LogP) is 0.456. The molecule has 2 atom stereocenters. The van der Waals surface area contributed by atoms with E-state index in [1.54, 1.807) is 11.8 Å². The Hall–Kier alpha value is -0.420. The van der Waals surface area contributed by atoms with Gasteiger partial charge in [0, 0.05) is 12.4 Å². The summed E-state index contributed by atoms with van der Waals surface area (Å²) in [6, 6.07) is 0. The van der Waals surface area contributed by atoms with Gasteiger partial charge in [0.1, 0.15) is 6.10 Å². The lowest BCUT2D eigenvalue weighted by molar-refractivity contribution is 0.150. The van der Waals surface area contributed by atoms with Gasteiger partial charge < -0.3 is 15.2 Å². The Morgan fingerprint density at radius 1 is 1.85 bits per heavy atom. The second kappa shape index (κ2) is 5.34. The maximum atomic E-state index is 10.6. The van der Waals surface area contributed by atoms with E-state index in [0.29, 0.717) is 12.5 Å². The van der Waals surface area contributed by atoms with E-state index in [9.17, 15) is 4.79 Å². The highest BCUT2D eigenvalue weighted by atomic mass is 32.2. The van der Waals surface area contributed by atoms with Crippen LogP contribution in [0.1, 0.15) is 6.92 Å². The van der Waals surface area contributed by atoms with E-state index in [0.717, 1.165) is 11.5 Å². The number of cyclic esters (lactones) is 1. The molecule has 2 N–H and O–H groups in total. The fourth-order valence-electron chi connectivity index (χ4n) is 0.978. The molecule has 0 saturated carbocycles. The molecule has 1 aliphatic heterocycles. The van der Waals surface area contributed by atoms with Crippen molar-refractivity contribution in [2.75, 3.05) is 24.7 Å². The van der Waals surface area contributed by atoms with Crippen LogP contribution < -0.4 is 5.32 Å². The quantitative estimate of drug-likeness (QED) is 0.684. The van der Waals surface area contributed by atoms with Crippen molar-refractivity contribution in [1.29, 1.82) is 0 Å². The molecule has 4 nitrogen and oxygen atoms in total. The first-order valence-corrected chi connectivity index (χ1v) is 5.51. The molecule has 1 fully saturated rings. The Balaban J connectivity index is 2.03. The number of hydrogen-bond donors (Lipinski definition) is 2. The van der Waals surface area contributed by atoms with Gasteiger partial charge in [0.2, 0.25) is 0 Å². The summed E-state index contributed by atoms with van der Waals surface area (Å²) in [6.07, 6.45) is -0.316. The van der Waals surface area contributed by atoms with Gasteiger partial charge in [-0.2, -0.15) is 11.8 Å². The number of carbonyl (C=O) groups is 1. The molecule has 2 unspecified atom stereocenters. The molecule has 13 heavy (non-hydrogen) atoms. The monoisotopic (exact) mass is 205 g/mol. The third-order valence-electron chi connectivity index (χ3n) is 1.77. The first-order chi connectivity index (χ1) is 6.22. The van der Waals surface area contributed by atoms with Gasteiger partial charge in [-0.05, 0) is 11.7 Å². The van der Waals surface area contributed by atoms with Crippen LogP contribution in [0.15, 0.2) is 0 Å². The molecular formula is C8H15NO3S. The highest BCUT2D eigenvalue weighted by Crippen LogP contribution is 2.12. The number of nitrogens with one attached hydrogen (secondary N) is 1. The smallest absolute Gasteiger partial charge is 0.407 e. The second-order valence-corrected chi connectivity index (χ2v) is 4.31. The summed E-state index contributed by atoms with van der Waals surface area (Å²) in [6.45, 7) is 2.82. The molecule has 76 valence electrons. The summed E-state index contributed by atoms with van der Waals surface area (Å²) in [5.41, 5.74) is 0. The minimum atomic E-state index is -0.319. The normalized spacial score (nSPS) is 23.8. The van der Waals surface area contributed by atoms with E-state index in [-0.39, 0.29) is 18.8 Å². The molecule has 5 heteroatoms. The number of hydrogen-bond acceptors (Lipinski definition) is 4. The zero-order chi connectivity index (χ0) is 9.68. The van der Waals surface area contributed by atoms with Gasteiger partial charge in [-0.15, -0.1) is 0 Å². The Morgan fingerprint density at radius 2 is 2.62 bits per heavy atom. The largest absolute Gasteiger partial charge is 0.443 e. The minimum absolute atomic E-state index is 0.00314. The molecule has 1 amide bonds. The lowest BCUT2D eigenvalue weighted by Gasteiger charge is -2.09. The second-order valence-electron chi connectivity index (χ2n) is 3.23. The maximum absolute atomic E-state index is 10.6. The number of rotatable bonds is 5. The molecule has 1 saturated heterocycles. The molecule has 1 rings (SSSR count). The van der Waals surface area contributed by atoms with Crippen LogP contribution in [0.3, 0.4) is 0 Å². The lowest BCUT2D eigenvalue weighted by Crippen LogP contribution is -2.17. The molecule has 0 aromatic rings. The maximum Gasteiger partial charge on any atom is 0.407 e. The zero-order valence-corrected chi connectivity index (χ0v) is 8.47. The van der Waals surface area contributed by atoms with Crippen LogP contribution in [0, 0.1) is 5.92 Å². The van der Waals surface area contributed by atoms with E-state index in [1.165, 1.54) is 0 Å². The third-order valence-corrected chi connectivity index (χ3v) is 3.18. The van der Waals surface area contributed by atoms with Crippen molar-refractivity contribution in [2.24, 2.45) is 5.92 Å². The molecule has 0 radical (unpaired) electrons. The number of aliphatic hydroxyl groups excluding tert-OH is 1. The molecular weight excluding hydrogens is 190 g/mol. The van der Waals surface area contributed by atoms with Gasteiger partial charge in [0.05, 0.1) is 6.54 Å². The molecule has 0 aromatic heterocycles. The van der Waals surface area contributed by atoms with Gasteiger partial charge in [0.25, 0.3) is 0 Å². The van der Waals surface area contributed by atoms with Crippen LogP contribution in [0.25, 0.3) is 0 Å². The Kier molecular flexibility index (Phi) is 4.38. The first kappa shape index (κ1) is 10.7. The number of alkyl carbamates (subject to hydrolysis) is 1. The van der Waals surface area contributed by atoms with E-state index in [4.69, 9.17) is 9.84 Å². The fourth-order valence-corrected chi connectivity index (χ4v) is 2.07. The number of carbonyl (C=O) groups excluding carboxylic acids is 1. The Labute approximate surface area is 82.0 Å². The molecule has 0 spiro atoms. The minimum Gasteiger partial charge on any atom is -0.443 e. The molecule has 0 bridgehead atoms. The van der Waals surface area contributed by atoms with Gasteiger partial charge in [0.15, 0.2) is 0 Å². The highest BCUT2D eigenvalue weighted by molar-refractivity contribution is 7.99. The SMILES string of the molecule is CC(CO)CSCC1CNC(=O)O1. The van der Waals surface area contributed by atoms with Crippen LogP contribution in [-0.2, 0) is 4.74 Å².